The molecule has 0 aliphatic heterocycles. The maximum Gasteiger partial charge on any atom is 0.137 e. The highest BCUT2D eigenvalue weighted by atomic mass is 35.5. The first-order valence-corrected chi connectivity index (χ1v) is 6.16. The van der Waals surface area contributed by atoms with Crippen molar-refractivity contribution in [2.75, 3.05) is 7.11 Å². The molecule has 0 fully saturated rings. The number of rotatable bonds is 3. The Labute approximate surface area is 109 Å². The van der Waals surface area contributed by atoms with Gasteiger partial charge in [-0.1, -0.05) is 22.2 Å². The van der Waals surface area contributed by atoms with E-state index >= 15 is 0 Å². The first kappa shape index (κ1) is 12.3. The van der Waals surface area contributed by atoms with Crippen LogP contribution in [-0.4, -0.2) is 16.7 Å². The van der Waals surface area contributed by atoms with Crippen LogP contribution in [0.2, 0.25) is 5.02 Å². The molecule has 0 saturated carbocycles. The average molecular weight is 270 g/mol. The summed E-state index contributed by atoms with van der Waals surface area (Å²) in [7, 11) is 1.58. The Bertz CT molecular complexity index is 529. The zero-order valence-electron chi connectivity index (χ0n) is 9.48. The first-order chi connectivity index (χ1) is 8.13. The number of hydrogen-bond acceptors (Lipinski definition) is 5. The molecule has 1 heterocycles. The van der Waals surface area contributed by atoms with Crippen LogP contribution in [0.1, 0.15) is 22.2 Å². The smallest absolute Gasteiger partial charge is 0.137 e. The van der Waals surface area contributed by atoms with Crippen molar-refractivity contribution in [3.63, 3.8) is 0 Å². The third kappa shape index (κ3) is 2.41. The number of halogens is 1. The van der Waals surface area contributed by atoms with Crippen molar-refractivity contribution in [2.45, 2.75) is 13.0 Å². The Balaban J connectivity index is 2.38. The Morgan fingerprint density at radius 1 is 1.47 bits per heavy atom. The number of methoxy groups -OCH3 is 1. The van der Waals surface area contributed by atoms with Gasteiger partial charge in [0.2, 0.25) is 0 Å². The van der Waals surface area contributed by atoms with Crippen molar-refractivity contribution in [1.82, 2.24) is 9.59 Å². The number of nitrogens with zero attached hydrogens (tertiary/aromatic N) is 2. The number of nitrogens with two attached hydrogens (primary N) is 1. The molecule has 2 aromatic rings. The largest absolute Gasteiger partial charge is 0.495 e. The van der Waals surface area contributed by atoms with Crippen molar-refractivity contribution < 1.29 is 4.74 Å². The van der Waals surface area contributed by atoms with E-state index in [4.69, 9.17) is 22.1 Å². The van der Waals surface area contributed by atoms with Crippen LogP contribution in [0.4, 0.5) is 0 Å². The summed E-state index contributed by atoms with van der Waals surface area (Å²) in [5, 5.41) is 4.53. The van der Waals surface area contributed by atoms with Gasteiger partial charge in [0.1, 0.15) is 5.75 Å². The van der Waals surface area contributed by atoms with Gasteiger partial charge in [-0.3, -0.25) is 0 Å². The number of hydrogen-bond donors (Lipinski definition) is 1. The molecule has 1 atom stereocenters. The predicted molar refractivity (Wildman–Crippen MR) is 68.7 cm³/mol. The summed E-state index contributed by atoms with van der Waals surface area (Å²) in [5.74, 6) is 0.620. The highest BCUT2D eigenvalue weighted by Crippen LogP contribution is 2.31. The summed E-state index contributed by atoms with van der Waals surface area (Å²) in [5.41, 5.74) is 7.96. The molecular weight excluding hydrogens is 258 g/mol. The van der Waals surface area contributed by atoms with Crippen LogP contribution in [0, 0.1) is 6.92 Å². The van der Waals surface area contributed by atoms with E-state index in [2.05, 4.69) is 9.59 Å². The number of ether oxygens (including phenoxy) is 1. The molecule has 2 rings (SSSR count). The van der Waals surface area contributed by atoms with Gasteiger partial charge in [-0.05, 0) is 36.2 Å². The van der Waals surface area contributed by atoms with Gasteiger partial charge in [-0.15, -0.1) is 5.10 Å². The summed E-state index contributed by atoms with van der Waals surface area (Å²) < 4.78 is 9.05. The van der Waals surface area contributed by atoms with E-state index in [-0.39, 0.29) is 6.04 Å². The molecule has 6 heteroatoms. The third-order valence-corrected chi connectivity index (χ3v) is 3.72. The quantitative estimate of drug-likeness (QED) is 0.930. The van der Waals surface area contributed by atoms with Crippen LogP contribution in [0.25, 0.3) is 0 Å². The third-order valence-electron chi connectivity index (χ3n) is 2.50. The van der Waals surface area contributed by atoms with E-state index < -0.39 is 0 Å². The summed E-state index contributed by atoms with van der Waals surface area (Å²) >= 11 is 7.28. The van der Waals surface area contributed by atoms with Crippen molar-refractivity contribution in [2.24, 2.45) is 5.73 Å². The zero-order chi connectivity index (χ0) is 12.4. The van der Waals surface area contributed by atoms with Crippen molar-refractivity contribution in [1.29, 1.82) is 0 Å². The van der Waals surface area contributed by atoms with Crippen molar-refractivity contribution >= 4 is 23.1 Å². The fourth-order valence-corrected chi connectivity index (χ4v) is 2.41. The Morgan fingerprint density at radius 3 is 2.82 bits per heavy atom. The molecule has 90 valence electrons. The standard InChI is InChI=1S/C11H12ClN3OS/c1-6-11(17-15-14-6)10(13)7-3-4-8(12)9(5-7)16-2/h3-5,10H,13H2,1-2H3. The van der Waals surface area contributed by atoms with Crippen LogP contribution in [-0.2, 0) is 0 Å². The maximum atomic E-state index is 6.17. The lowest BCUT2D eigenvalue weighted by molar-refractivity contribution is 0.414. The summed E-state index contributed by atoms with van der Waals surface area (Å²) in [6.07, 6.45) is 0. The van der Waals surface area contributed by atoms with E-state index in [1.54, 1.807) is 13.2 Å². The second-order valence-electron chi connectivity index (χ2n) is 3.59. The normalized spacial score (nSPS) is 12.5. The van der Waals surface area contributed by atoms with Crippen molar-refractivity contribution in [3.05, 3.63) is 39.4 Å². The van der Waals surface area contributed by atoms with Gasteiger partial charge in [-0.25, -0.2) is 0 Å². The Morgan fingerprint density at radius 2 is 2.24 bits per heavy atom. The van der Waals surface area contributed by atoms with E-state index in [0.717, 1.165) is 16.1 Å². The second kappa shape index (κ2) is 5.00. The molecule has 4 nitrogen and oxygen atoms in total. The van der Waals surface area contributed by atoms with Gasteiger partial charge >= 0.3 is 0 Å². The monoisotopic (exact) mass is 269 g/mol. The Hall–Kier alpha value is -1.17. The average Bonchev–Trinajstić information content (AvgIpc) is 2.75. The maximum absolute atomic E-state index is 6.17. The minimum atomic E-state index is -0.249. The molecule has 1 aromatic heterocycles. The van der Waals surface area contributed by atoms with Crippen LogP contribution >= 0.6 is 23.1 Å². The first-order valence-electron chi connectivity index (χ1n) is 5.01. The molecule has 0 aliphatic rings. The van der Waals surface area contributed by atoms with Gasteiger partial charge in [0.15, 0.2) is 0 Å². The van der Waals surface area contributed by atoms with Crippen LogP contribution < -0.4 is 10.5 Å². The molecule has 0 saturated heterocycles. The fraction of sp³-hybridized carbons (Fsp3) is 0.273. The molecule has 0 radical (unpaired) electrons. The summed E-state index contributed by atoms with van der Waals surface area (Å²) in [4.78, 5) is 0.953. The zero-order valence-corrected chi connectivity index (χ0v) is 11.0. The Kier molecular flexibility index (Phi) is 3.61. The molecule has 1 aromatic carbocycles. The lowest BCUT2D eigenvalue weighted by atomic mass is 10.1. The lowest BCUT2D eigenvalue weighted by Gasteiger charge is -2.12. The van der Waals surface area contributed by atoms with Crippen LogP contribution in [0.3, 0.4) is 0 Å². The number of aromatic nitrogens is 2. The molecule has 0 bridgehead atoms. The van der Waals surface area contributed by atoms with Gasteiger partial charge in [-0.2, -0.15) is 0 Å². The SMILES string of the molecule is COc1cc(C(N)c2snnc2C)ccc1Cl. The van der Waals surface area contributed by atoms with Crippen LogP contribution in [0.5, 0.6) is 5.75 Å². The van der Waals surface area contributed by atoms with Gasteiger partial charge in [0.05, 0.1) is 28.7 Å². The highest BCUT2D eigenvalue weighted by molar-refractivity contribution is 7.05. The summed E-state index contributed by atoms with van der Waals surface area (Å²) in [6, 6.07) is 5.25. The van der Waals surface area contributed by atoms with Gasteiger partial charge < -0.3 is 10.5 Å². The van der Waals surface area contributed by atoms with E-state index in [1.807, 2.05) is 19.1 Å². The summed E-state index contributed by atoms with van der Waals surface area (Å²) in [6.45, 7) is 1.89. The minimum Gasteiger partial charge on any atom is -0.495 e. The number of aryl methyl sites for hydroxylation is 1. The molecule has 0 aliphatic carbocycles. The highest BCUT2D eigenvalue weighted by Gasteiger charge is 2.16. The predicted octanol–water partition coefficient (Wildman–Crippen LogP) is 2.56. The molecule has 0 spiro atoms. The molecule has 17 heavy (non-hydrogen) atoms. The molecule has 1 unspecified atom stereocenters. The second-order valence-corrected chi connectivity index (χ2v) is 4.79. The molecule has 2 N–H and O–H groups in total. The van der Waals surface area contributed by atoms with Gasteiger partial charge in [0.25, 0.3) is 0 Å². The molecule has 0 amide bonds. The van der Waals surface area contributed by atoms with E-state index in [1.165, 1.54) is 11.5 Å². The van der Waals surface area contributed by atoms with Gasteiger partial charge in [0, 0.05) is 0 Å². The molecular formula is C11H12ClN3OS. The van der Waals surface area contributed by atoms with Crippen molar-refractivity contribution in [3.8, 4) is 5.75 Å². The minimum absolute atomic E-state index is 0.249. The number of benzene rings is 1. The topological polar surface area (TPSA) is 61.0 Å². The lowest BCUT2D eigenvalue weighted by Crippen LogP contribution is -2.11. The van der Waals surface area contributed by atoms with E-state index in [9.17, 15) is 0 Å². The van der Waals surface area contributed by atoms with Crippen LogP contribution in [0.15, 0.2) is 18.2 Å². The van der Waals surface area contributed by atoms with E-state index in [0.29, 0.717) is 10.8 Å². The fourth-order valence-electron chi connectivity index (χ4n) is 1.54.